The molecule has 0 fully saturated rings. The lowest BCUT2D eigenvalue weighted by atomic mass is 9.95. The van der Waals surface area contributed by atoms with Gasteiger partial charge in [0.1, 0.15) is 0 Å². The summed E-state index contributed by atoms with van der Waals surface area (Å²) in [4.78, 5) is 1.36. The van der Waals surface area contributed by atoms with Gasteiger partial charge in [0.2, 0.25) is 0 Å². The topological polar surface area (TPSA) is 0 Å². The summed E-state index contributed by atoms with van der Waals surface area (Å²) in [5.74, 6) is 0. The molecule has 0 spiro atoms. The smallest absolute Gasteiger partial charge is 0.0293 e. The summed E-state index contributed by atoms with van der Waals surface area (Å²) in [5.41, 5.74) is 3.02. The molecule has 0 aromatic heterocycles. The fourth-order valence-corrected chi connectivity index (χ4v) is 3.79. The third kappa shape index (κ3) is 2.70. The van der Waals surface area contributed by atoms with Gasteiger partial charge in [-0.3, -0.25) is 0 Å². The predicted octanol–water partition coefficient (Wildman–Crippen LogP) is 5.68. The van der Waals surface area contributed by atoms with Gasteiger partial charge in [0.15, 0.2) is 0 Å². The van der Waals surface area contributed by atoms with E-state index in [4.69, 9.17) is 0 Å². The monoisotopic (exact) mass is 276 g/mol. The van der Waals surface area contributed by atoms with Crippen LogP contribution in [-0.2, 0) is 12.8 Å². The number of rotatable bonds is 5. The Morgan fingerprint density at radius 3 is 2.44 bits per heavy atom. The third-order valence-electron chi connectivity index (χ3n) is 3.31. The van der Waals surface area contributed by atoms with E-state index >= 15 is 0 Å². The standard InChI is InChI=1S/C16H20S2/c1-3-7-12-11-13-9-5-6-10-15(13)16(18-17)14(12)8-4-2/h5-6,9-11,17H,3-4,7-8H2,1-2H3. The quantitative estimate of drug-likeness (QED) is 0.541. The van der Waals surface area contributed by atoms with E-state index in [9.17, 15) is 0 Å². The van der Waals surface area contributed by atoms with Crippen molar-refractivity contribution in [1.29, 1.82) is 0 Å². The van der Waals surface area contributed by atoms with E-state index in [2.05, 4.69) is 55.8 Å². The largest absolute Gasteiger partial charge is 0.106 e. The lowest BCUT2D eigenvalue weighted by Gasteiger charge is -2.15. The van der Waals surface area contributed by atoms with Crippen LogP contribution in [0.5, 0.6) is 0 Å². The van der Waals surface area contributed by atoms with Gasteiger partial charge in [0, 0.05) is 4.90 Å². The Kier molecular flexibility index (Phi) is 5.02. The van der Waals surface area contributed by atoms with Crippen LogP contribution >= 0.6 is 22.5 Å². The number of thiol groups is 1. The molecule has 0 N–H and O–H groups in total. The predicted molar refractivity (Wildman–Crippen MR) is 86.8 cm³/mol. The van der Waals surface area contributed by atoms with Gasteiger partial charge < -0.3 is 0 Å². The van der Waals surface area contributed by atoms with Crippen molar-refractivity contribution in [2.24, 2.45) is 0 Å². The van der Waals surface area contributed by atoms with E-state index in [0.717, 1.165) is 6.42 Å². The highest BCUT2D eigenvalue weighted by Gasteiger charge is 2.11. The van der Waals surface area contributed by atoms with Gasteiger partial charge in [-0.25, -0.2) is 0 Å². The van der Waals surface area contributed by atoms with Crippen LogP contribution in [0.1, 0.15) is 37.8 Å². The summed E-state index contributed by atoms with van der Waals surface area (Å²) < 4.78 is 0. The maximum Gasteiger partial charge on any atom is 0.0293 e. The van der Waals surface area contributed by atoms with Crippen LogP contribution in [0, 0.1) is 0 Å². The average Bonchev–Trinajstić information content (AvgIpc) is 2.40. The minimum absolute atomic E-state index is 1.16. The Hall–Kier alpha value is -0.600. The highest BCUT2D eigenvalue weighted by molar-refractivity contribution is 8.68. The fraction of sp³-hybridized carbons (Fsp3) is 0.375. The Balaban J connectivity index is 2.69. The van der Waals surface area contributed by atoms with Crippen molar-refractivity contribution in [3.05, 3.63) is 41.5 Å². The molecule has 0 radical (unpaired) electrons. The van der Waals surface area contributed by atoms with Gasteiger partial charge in [0.05, 0.1) is 0 Å². The lowest BCUT2D eigenvalue weighted by molar-refractivity contribution is 0.849. The van der Waals surface area contributed by atoms with Crippen LogP contribution in [0.15, 0.2) is 35.2 Å². The second kappa shape index (κ2) is 6.53. The summed E-state index contributed by atoms with van der Waals surface area (Å²) in [6.45, 7) is 4.50. The minimum atomic E-state index is 1.16. The molecular formula is C16H20S2. The van der Waals surface area contributed by atoms with Crippen molar-refractivity contribution in [3.63, 3.8) is 0 Å². The lowest BCUT2D eigenvalue weighted by Crippen LogP contribution is -1.97. The van der Waals surface area contributed by atoms with Gasteiger partial charge in [-0.1, -0.05) is 67.8 Å². The molecule has 0 aliphatic heterocycles. The molecule has 0 nitrogen and oxygen atoms in total. The Labute approximate surface area is 119 Å². The van der Waals surface area contributed by atoms with E-state index in [1.54, 1.807) is 10.8 Å². The number of benzene rings is 2. The van der Waals surface area contributed by atoms with E-state index in [0.29, 0.717) is 0 Å². The molecule has 0 unspecified atom stereocenters. The second-order valence-electron chi connectivity index (χ2n) is 4.66. The molecule has 0 saturated heterocycles. The first kappa shape index (κ1) is 13.8. The normalized spacial score (nSPS) is 11.1. The van der Waals surface area contributed by atoms with Crippen LogP contribution in [0.3, 0.4) is 0 Å². The molecule has 2 heteroatoms. The SMILES string of the molecule is CCCc1cc2ccccc2c(SS)c1CCC. The van der Waals surface area contributed by atoms with Crippen molar-refractivity contribution in [3.8, 4) is 0 Å². The number of hydrogen-bond donors (Lipinski definition) is 1. The first-order chi connectivity index (χ1) is 8.81. The number of aryl methyl sites for hydroxylation is 1. The van der Waals surface area contributed by atoms with Crippen LogP contribution in [0.25, 0.3) is 10.8 Å². The first-order valence-electron chi connectivity index (χ1n) is 6.66. The van der Waals surface area contributed by atoms with Gasteiger partial charge >= 0.3 is 0 Å². The second-order valence-corrected chi connectivity index (χ2v) is 5.79. The average molecular weight is 276 g/mol. The zero-order chi connectivity index (χ0) is 13.0. The summed E-state index contributed by atoms with van der Waals surface area (Å²) in [5, 5.41) is 2.69. The molecule has 2 aromatic rings. The summed E-state index contributed by atoms with van der Waals surface area (Å²) in [6.07, 6.45) is 4.71. The molecule has 18 heavy (non-hydrogen) atoms. The molecule has 0 atom stereocenters. The Morgan fingerprint density at radius 1 is 1.06 bits per heavy atom. The number of hydrogen-bond acceptors (Lipinski definition) is 2. The van der Waals surface area contributed by atoms with Crippen LogP contribution in [0.4, 0.5) is 0 Å². The molecule has 0 aliphatic rings. The van der Waals surface area contributed by atoms with Crippen molar-refractivity contribution < 1.29 is 0 Å². The van der Waals surface area contributed by atoms with Gasteiger partial charge in [-0.15, -0.1) is 11.7 Å². The maximum atomic E-state index is 4.48. The first-order valence-corrected chi connectivity index (χ1v) is 8.53. The molecule has 0 heterocycles. The molecule has 0 bridgehead atoms. The zero-order valence-electron chi connectivity index (χ0n) is 11.1. The van der Waals surface area contributed by atoms with Gasteiger partial charge in [-0.05, 0) is 34.7 Å². The zero-order valence-corrected chi connectivity index (χ0v) is 12.8. The summed E-state index contributed by atoms with van der Waals surface area (Å²) >= 11 is 4.48. The Bertz CT molecular complexity index is 532. The minimum Gasteiger partial charge on any atom is -0.106 e. The summed E-state index contributed by atoms with van der Waals surface area (Å²) in [6, 6.07) is 11.0. The third-order valence-corrected chi connectivity index (χ3v) is 4.50. The molecule has 0 amide bonds. The van der Waals surface area contributed by atoms with E-state index < -0.39 is 0 Å². The molecule has 96 valence electrons. The molecule has 0 saturated carbocycles. The van der Waals surface area contributed by atoms with Crippen molar-refractivity contribution in [1.82, 2.24) is 0 Å². The van der Waals surface area contributed by atoms with Crippen molar-refractivity contribution in [2.45, 2.75) is 44.4 Å². The molecule has 0 aliphatic carbocycles. The fourth-order valence-electron chi connectivity index (χ4n) is 2.53. The van der Waals surface area contributed by atoms with Crippen molar-refractivity contribution in [2.75, 3.05) is 0 Å². The molecular weight excluding hydrogens is 256 g/mol. The van der Waals surface area contributed by atoms with Crippen LogP contribution in [0.2, 0.25) is 0 Å². The van der Waals surface area contributed by atoms with Gasteiger partial charge in [0.25, 0.3) is 0 Å². The summed E-state index contributed by atoms with van der Waals surface area (Å²) in [7, 11) is 1.60. The van der Waals surface area contributed by atoms with E-state index in [1.807, 2.05) is 0 Å². The highest BCUT2D eigenvalue weighted by atomic mass is 33.1. The van der Waals surface area contributed by atoms with Crippen LogP contribution < -0.4 is 0 Å². The van der Waals surface area contributed by atoms with Crippen LogP contribution in [-0.4, -0.2) is 0 Å². The Morgan fingerprint density at radius 2 is 1.78 bits per heavy atom. The molecule has 2 rings (SSSR count). The number of fused-ring (bicyclic) bond motifs is 1. The molecule has 2 aromatic carbocycles. The van der Waals surface area contributed by atoms with Crippen molar-refractivity contribution >= 4 is 33.2 Å². The maximum absolute atomic E-state index is 4.48. The van der Waals surface area contributed by atoms with Gasteiger partial charge in [-0.2, -0.15) is 0 Å². The van der Waals surface area contributed by atoms with E-state index in [1.165, 1.54) is 46.1 Å². The van der Waals surface area contributed by atoms with E-state index in [-0.39, 0.29) is 0 Å². The highest BCUT2D eigenvalue weighted by Crippen LogP contribution is 2.36.